The van der Waals surface area contributed by atoms with Gasteiger partial charge in [-0.3, -0.25) is 0 Å². The van der Waals surface area contributed by atoms with Gasteiger partial charge >= 0.3 is 6.36 Å². The molecule has 2 saturated heterocycles. The minimum Gasteiger partial charge on any atom is -0.506 e. The molecule has 2 aromatic heterocycles. The Kier molecular flexibility index (Phi) is 15.5. The van der Waals surface area contributed by atoms with E-state index >= 15 is 8.78 Å². The summed E-state index contributed by atoms with van der Waals surface area (Å²) in [4.78, 5) is 8.92. The summed E-state index contributed by atoms with van der Waals surface area (Å²) in [5.74, 6) is -2.01. The molecule has 4 aliphatic rings. The minimum absolute atomic E-state index is 0.00545. The van der Waals surface area contributed by atoms with Gasteiger partial charge in [-0.05, 0) is 154 Å². The second kappa shape index (κ2) is 22.5. The number of halogens is 7. The van der Waals surface area contributed by atoms with Crippen molar-refractivity contribution in [1.82, 2.24) is 30.2 Å². The number of phenols is 2. The van der Waals surface area contributed by atoms with Crippen molar-refractivity contribution >= 4 is 90.3 Å². The van der Waals surface area contributed by atoms with Crippen LogP contribution in [0.15, 0.2) is 109 Å². The van der Waals surface area contributed by atoms with Crippen molar-refractivity contribution in [3.63, 3.8) is 0 Å². The fraction of sp³-hybridized carbons (Fsp3) is 0.365. The molecule has 22 heteroatoms. The topological polar surface area (TPSA) is 138 Å². The van der Waals surface area contributed by atoms with Crippen molar-refractivity contribution in [2.75, 3.05) is 72.8 Å². The van der Waals surface area contributed by atoms with E-state index in [2.05, 4.69) is 86.3 Å². The summed E-state index contributed by atoms with van der Waals surface area (Å²) in [5, 5.41) is 51.0. The predicted molar refractivity (Wildman–Crippen MR) is 329 cm³/mol. The van der Waals surface area contributed by atoms with E-state index < -0.39 is 28.8 Å². The molecule has 0 atom stereocenters. The van der Waals surface area contributed by atoms with E-state index in [0.29, 0.717) is 106 Å². The SMILES string of the molecule is CC(C)(C)CN1CCC2(CC1)CN(c1cc(CC(C)(C)CN3CCC4(CC3)CN(c3ccccc3Nc3nnc(-c5ccc(Cl)cc5)s3)c3c(O)ccc(F)c34)ccc1Nc1nnc(-c3ccc(OC(F)(F)F)cc3)s1)c1c(O)c(F)cc(Cl)c12. The lowest BCUT2D eigenvalue weighted by Crippen LogP contribution is -2.47. The quantitative estimate of drug-likeness (QED) is 0.0769. The number of aromatic nitrogens is 4. The van der Waals surface area contributed by atoms with Crippen LogP contribution >= 0.6 is 45.9 Å². The van der Waals surface area contributed by atoms with Crippen molar-refractivity contribution in [3.8, 4) is 38.4 Å². The molecule has 0 amide bonds. The molecule has 12 rings (SSSR count). The Balaban J connectivity index is 0.804. The highest BCUT2D eigenvalue weighted by molar-refractivity contribution is 7.18. The summed E-state index contributed by atoms with van der Waals surface area (Å²) in [5.41, 5.74) is 5.90. The predicted octanol–water partition coefficient (Wildman–Crippen LogP) is 16.4. The number of phenolic OH excluding ortho intramolecular Hbond substituents is 2. The molecular formula is C63H63Cl2F5N10O3S2. The molecule has 0 saturated carbocycles. The van der Waals surface area contributed by atoms with E-state index in [1.165, 1.54) is 65.1 Å². The Labute approximate surface area is 508 Å². The third kappa shape index (κ3) is 12.1. The molecule has 0 aliphatic carbocycles. The summed E-state index contributed by atoms with van der Waals surface area (Å²) in [7, 11) is 0. The van der Waals surface area contributed by atoms with Crippen LogP contribution in [0, 0.1) is 22.5 Å². The van der Waals surface area contributed by atoms with Crippen LogP contribution in [0.2, 0.25) is 10.0 Å². The van der Waals surface area contributed by atoms with Crippen LogP contribution in [0.25, 0.3) is 21.1 Å². The van der Waals surface area contributed by atoms with Gasteiger partial charge in [-0.25, -0.2) is 8.78 Å². The van der Waals surface area contributed by atoms with Gasteiger partial charge in [-0.2, -0.15) is 0 Å². The van der Waals surface area contributed by atoms with Crippen LogP contribution in [0.3, 0.4) is 0 Å². The zero-order chi connectivity index (χ0) is 59.8. The molecule has 6 aromatic carbocycles. The molecule has 0 unspecified atom stereocenters. The fourth-order valence-corrected chi connectivity index (χ4v) is 15.3. The number of anilines is 8. The maximum absolute atomic E-state index is 16.5. The number of benzene rings is 6. The first-order valence-electron chi connectivity index (χ1n) is 28.2. The number of fused-ring (bicyclic) bond motifs is 4. The number of hydrogen-bond donors (Lipinski definition) is 4. The summed E-state index contributed by atoms with van der Waals surface area (Å²) in [6.07, 6.45) is -1.45. The standard InChI is InChI=1S/C63H63Cl2F5N10O3S2/c1-59(2,3)33-77-26-22-61(23-27-77)35-80(53-50(61)42(65)31-44(67)54(53)82)48-30-37(10-20-46(48)72-58-76-74-56(85-58)39-13-17-41(18-14-39)83-63(68,69)70)32-60(4,5)34-78-28-24-62(25-29-78)36-79(52-49(81)21-19-43(66)51(52)62)47-9-7-6-8-45(47)71-57-75-73-55(84-57)38-11-15-40(64)16-12-38/h6-21,30-31,81-82H,22-29,32-36H2,1-5H3,(H,71,75)(H,72,76). The second-order valence-electron chi connectivity index (χ2n) is 24.9. The number of piperidine rings is 2. The first kappa shape index (κ1) is 58.6. The molecule has 8 aromatic rings. The number of hydrogen-bond acceptors (Lipinski definition) is 15. The summed E-state index contributed by atoms with van der Waals surface area (Å²) >= 11 is 15.8. The maximum atomic E-state index is 16.5. The van der Waals surface area contributed by atoms with Crippen LogP contribution in [-0.2, 0) is 17.3 Å². The van der Waals surface area contributed by atoms with Gasteiger partial charge in [0, 0.05) is 69.3 Å². The van der Waals surface area contributed by atoms with Crippen molar-refractivity contribution in [2.45, 2.75) is 83.9 Å². The molecule has 0 bridgehead atoms. The second-order valence-corrected chi connectivity index (χ2v) is 27.7. The van der Waals surface area contributed by atoms with Crippen LogP contribution in [0.4, 0.5) is 66.3 Å². The maximum Gasteiger partial charge on any atom is 0.573 e. The molecule has 85 heavy (non-hydrogen) atoms. The lowest BCUT2D eigenvalue weighted by molar-refractivity contribution is -0.274. The largest absolute Gasteiger partial charge is 0.573 e. The normalized spacial score (nSPS) is 17.0. The first-order chi connectivity index (χ1) is 40.4. The number of rotatable bonds is 14. The highest BCUT2D eigenvalue weighted by Crippen LogP contribution is 2.59. The number of para-hydroxylation sites is 2. The number of nitrogens with one attached hydrogen (secondary N) is 2. The summed E-state index contributed by atoms with van der Waals surface area (Å²) in [6, 6.07) is 30.7. The average Bonchev–Trinajstić information content (AvgIpc) is 1.63. The van der Waals surface area contributed by atoms with Gasteiger partial charge in [-0.15, -0.1) is 33.6 Å². The molecule has 6 heterocycles. The van der Waals surface area contributed by atoms with E-state index in [0.717, 1.165) is 65.5 Å². The smallest absolute Gasteiger partial charge is 0.506 e. The van der Waals surface area contributed by atoms with E-state index in [4.69, 9.17) is 23.2 Å². The number of ether oxygens (including phenoxy) is 1. The molecule has 4 aliphatic heterocycles. The summed E-state index contributed by atoms with van der Waals surface area (Å²) < 4.78 is 75.4. The van der Waals surface area contributed by atoms with Crippen LogP contribution in [0.1, 0.15) is 77.0 Å². The Morgan fingerprint density at radius 1 is 0.612 bits per heavy atom. The lowest BCUT2D eigenvalue weighted by atomic mass is 9.73. The van der Waals surface area contributed by atoms with Gasteiger partial charge in [0.05, 0.1) is 34.1 Å². The molecule has 4 N–H and O–H groups in total. The average molecular weight is 1240 g/mol. The summed E-state index contributed by atoms with van der Waals surface area (Å²) in [6.45, 7) is 16.5. The Bertz CT molecular complexity index is 3790. The van der Waals surface area contributed by atoms with Crippen molar-refractivity contribution in [1.29, 1.82) is 0 Å². The lowest BCUT2D eigenvalue weighted by Gasteiger charge is -2.43. The number of alkyl halides is 3. The highest BCUT2D eigenvalue weighted by atomic mass is 35.5. The van der Waals surface area contributed by atoms with Gasteiger partial charge in [0.2, 0.25) is 10.3 Å². The van der Waals surface area contributed by atoms with Crippen molar-refractivity contribution < 1.29 is 36.9 Å². The van der Waals surface area contributed by atoms with Gasteiger partial charge < -0.3 is 45.2 Å². The third-order valence-corrected chi connectivity index (χ3v) is 19.1. The third-order valence-electron chi connectivity index (χ3n) is 16.8. The van der Waals surface area contributed by atoms with Crippen molar-refractivity contribution in [2.24, 2.45) is 10.8 Å². The monoisotopic (exact) mass is 1240 g/mol. The van der Waals surface area contributed by atoms with Gasteiger partial charge in [-0.1, -0.05) is 111 Å². The first-order valence-corrected chi connectivity index (χ1v) is 30.6. The molecule has 2 spiro atoms. The Morgan fingerprint density at radius 2 is 1.16 bits per heavy atom. The molecule has 0 radical (unpaired) electrons. The van der Waals surface area contributed by atoms with Crippen LogP contribution < -0.4 is 25.2 Å². The minimum atomic E-state index is -4.83. The van der Waals surface area contributed by atoms with Crippen molar-refractivity contribution in [3.05, 3.63) is 148 Å². The van der Waals surface area contributed by atoms with E-state index in [-0.39, 0.29) is 33.2 Å². The number of likely N-dealkylation sites (tertiary alicyclic amines) is 2. The van der Waals surface area contributed by atoms with Gasteiger partial charge in [0.1, 0.15) is 27.3 Å². The Hall–Kier alpha value is -6.81. The van der Waals surface area contributed by atoms with E-state index in [9.17, 15) is 23.4 Å². The van der Waals surface area contributed by atoms with Gasteiger partial charge in [0.15, 0.2) is 11.6 Å². The van der Waals surface area contributed by atoms with E-state index in [1.807, 2.05) is 70.5 Å². The van der Waals surface area contributed by atoms with E-state index in [1.54, 1.807) is 0 Å². The number of aromatic hydroxyl groups is 2. The number of nitrogens with zero attached hydrogens (tertiary/aromatic N) is 8. The molecule has 444 valence electrons. The highest BCUT2D eigenvalue weighted by Gasteiger charge is 2.51. The van der Waals surface area contributed by atoms with Crippen LogP contribution in [-0.4, -0.2) is 99.1 Å². The molecular weight excluding hydrogens is 1170 g/mol. The molecule has 13 nitrogen and oxygen atoms in total. The Morgan fingerprint density at radius 3 is 1.76 bits per heavy atom. The zero-order valence-corrected chi connectivity index (χ0v) is 50.6. The zero-order valence-electron chi connectivity index (χ0n) is 47.4. The molecule has 2 fully saturated rings. The fourth-order valence-electron chi connectivity index (χ4n) is 13.2. The van der Waals surface area contributed by atoms with Crippen LogP contribution in [0.5, 0.6) is 17.2 Å². The van der Waals surface area contributed by atoms with Gasteiger partial charge in [0.25, 0.3) is 0 Å².